The summed E-state index contributed by atoms with van der Waals surface area (Å²) in [4.78, 5) is 11.6. The number of ether oxygens (including phenoxy) is 1. The van der Waals surface area contributed by atoms with E-state index in [0.29, 0.717) is 12.2 Å². The Morgan fingerprint density at radius 2 is 2.38 bits per heavy atom. The first-order valence-corrected chi connectivity index (χ1v) is 5.38. The molecule has 1 saturated heterocycles. The van der Waals surface area contributed by atoms with Crippen LogP contribution in [0.4, 0.5) is 0 Å². The van der Waals surface area contributed by atoms with Gasteiger partial charge in [0.05, 0.1) is 6.10 Å². The zero-order valence-electron chi connectivity index (χ0n) is 8.71. The van der Waals surface area contributed by atoms with Crippen molar-refractivity contribution in [3.63, 3.8) is 0 Å². The van der Waals surface area contributed by atoms with E-state index in [-0.39, 0.29) is 12.0 Å². The van der Waals surface area contributed by atoms with E-state index in [4.69, 9.17) is 4.74 Å². The number of ketones is 1. The predicted octanol–water partition coefficient (Wildman–Crippen LogP) is 2.56. The van der Waals surface area contributed by atoms with Gasteiger partial charge in [0.25, 0.3) is 0 Å². The molecule has 1 aliphatic heterocycles. The number of hydrogen-bond donors (Lipinski definition) is 0. The van der Waals surface area contributed by atoms with Gasteiger partial charge in [-0.1, -0.05) is 20.3 Å². The van der Waals surface area contributed by atoms with Gasteiger partial charge in [-0.3, -0.25) is 4.79 Å². The maximum Gasteiger partial charge on any atom is 0.138 e. The monoisotopic (exact) mass is 184 g/mol. The SMILES string of the molecule is CCCC(C)C(=O)CC1CCCO1. The zero-order chi connectivity index (χ0) is 9.68. The highest BCUT2D eigenvalue weighted by Gasteiger charge is 2.21. The summed E-state index contributed by atoms with van der Waals surface area (Å²) in [5.41, 5.74) is 0. The van der Waals surface area contributed by atoms with Crippen molar-refractivity contribution in [1.82, 2.24) is 0 Å². The van der Waals surface area contributed by atoms with Gasteiger partial charge in [0.2, 0.25) is 0 Å². The van der Waals surface area contributed by atoms with Crippen molar-refractivity contribution in [1.29, 1.82) is 0 Å². The Morgan fingerprint density at radius 3 is 2.92 bits per heavy atom. The Bertz CT molecular complexity index is 159. The minimum absolute atomic E-state index is 0.229. The average molecular weight is 184 g/mol. The topological polar surface area (TPSA) is 26.3 Å². The van der Waals surface area contributed by atoms with Gasteiger partial charge in [-0.2, -0.15) is 0 Å². The van der Waals surface area contributed by atoms with Crippen molar-refractivity contribution in [2.24, 2.45) is 5.92 Å². The van der Waals surface area contributed by atoms with Crippen LogP contribution in [0.25, 0.3) is 0 Å². The van der Waals surface area contributed by atoms with Crippen molar-refractivity contribution in [2.75, 3.05) is 6.61 Å². The molecule has 0 bridgehead atoms. The van der Waals surface area contributed by atoms with Crippen LogP contribution in [0.1, 0.15) is 46.0 Å². The van der Waals surface area contributed by atoms with Crippen LogP contribution >= 0.6 is 0 Å². The molecule has 0 aromatic heterocycles. The van der Waals surface area contributed by atoms with E-state index in [1.807, 2.05) is 6.92 Å². The van der Waals surface area contributed by atoms with E-state index in [0.717, 1.165) is 32.3 Å². The summed E-state index contributed by atoms with van der Waals surface area (Å²) >= 11 is 0. The summed E-state index contributed by atoms with van der Waals surface area (Å²) in [7, 11) is 0. The first-order chi connectivity index (χ1) is 6.24. The third kappa shape index (κ3) is 3.47. The molecule has 2 atom stereocenters. The first kappa shape index (κ1) is 10.7. The number of carbonyl (C=O) groups excluding carboxylic acids is 1. The second kappa shape index (κ2) is 5.38. The van der Waals surface area contributed by atoms with Crippen LogP contribution in [0.2, 0.25) is 0 Å². The van der Waals surface area contributed by atoms with Gasteiger partial charge in [0.15, 0.2) is 0 Å². The molecule has 2 heteroatoms. The third-order valence-corrected chi connectivity index (χ3v) is 2.72. The van der Waals surface area contributed by atoms with Crippen molar-refractivity contribution < 1.29 is 9.53 Å². The zero-order valence-corrected chi connectivity index (χ0v) is 8.71. The number of hydrogen-bond acceptors (Lipinski definition) is 2. The fourth-order valence-corrected chi connectivity index (χ4v) is 1.82. The van der Waals surface area contributed by atoms with E-state index in [1.165, 1.54) is 0 Å². The van der Waals surface area contributed by atoms with E-state index in [9.17, 15) is 4.79 Å². The van der Waals surface area contributed by atoms with Crippen LogP contribution in [-0.4, -0.2) is 18.5 Å². The van der Waals surface area contributed by atoms with E-state index < -0.39 is 0 Å². The molecule has 0 aliphatic carbocycles. The maximum atomic E-state index is 11.6. The molecule has 1 heterocycles. The van der Waals surface area contributed by atoms with E-state index in [2.05, 4.69) is 6.92 Å². The molecular weight excluding hydrogens is 164 g/mol. The molecule has 0 aromatic rings. The molecule has 13 heavy (non-hydrogen) atoms. The normalized spacial score (nSPS) is 24.6. The summed E-state index contributed by atoms with van der Waals surface area (Å²) in [6.07, 6.45) is 5.18. The molecule has 2 nitrogen and oxygen atoms in total. The second-order valence-corrected chi connectivity index (χ2v) is 4.00. The smallest absolute Gasteiger partial charge is 0.138 e. The minimum atomic E-state index is 0.229. The Hall–Kier alpha value is -0.370. The van der Waals surface area contributed by atoms with Gasteiger partial charge >= 0.3 is 0 Å². The summed E-state index contributed by atoms with van der Waals surface area (Å²) in [5.74, 6) is 0.614. The number of rotatable bonds is 5. The second-order valence-electron chi connectivity index (χ2n) is 4.00. The quantitative estimate of drug-likeness (QED) is 0.656. The molecule has 0 amide bonds. The number of Topliss-reactive ketones (excluding diaryl/α,β-unsaturated/α-hetero) is 1. The molecule has 0 aromatic carbocycles. The van der Waals surface area contributed by atoms with Crippen molar-refractivity contribution in [2.45, 2.75) is 52.1 Å². The molecule has 2 unspecified atom stereocenters. The highest BCUT2D eigenvalue weighted by Crippen LogP contribution is 2.18. The summed E-state index contributed by atoms with van der Waals surface area (Å²) < 4.78 is 5.43. The van der Waals surface area contributed by atoms with Crippen LogP contribution in [0, 0.1) is 5.92 Å². The summed E-state index contributed by atoms with van der Waals surface area (Å²) in [5, 5.41) is 0. The Kier molecular flexibility index (Phi) is 4.43. The van der Waals surface area contributed by atoms with Crippen LogP contribution in [0.15, 0.2) is 0 Å². The van der Waals surface area contributed by atoms with Crippen molar-refractivity contribution in [3.05, 3.63) is 0 Å². The van der Waals surface area contributed by atoms with Crippen molar-refractivity contribution in [3.8, 4) is 0 Å². The molecule has 1 fully saturated rings. The standard InChI is InChI=1S/C11H20O2/c1-3-5-9(2)11(12)8-10-6-4-7-13-10/h9-10H,3-8H2,1-2H3. The molecule has 0 spiro atoms. The predicted molar refractivity (Wildman–Crippen MR) is 52.7 cm³/mol. The first-order valence-electron chi connectivity index (χ1n) is 5.38. The lowest BCUT2D eigenvalue weighted by Crippen LogP contribution is -2.18. The third-order valence-electron chi connectivity index (χ3n) is 2.72. The lowest BCUT2D eigenvalue weighted by Gasteiger charge is -2.12. The largest absolute Gasteiger partial charge is 0.378 e. The van der Waals surface area contributed by atoms with Gasteiger partial charge in [0, 0.05) is 18.9 Å². The van der Waals surface area contributed by atoms with Gasteiger partial charge in [-0.25, -0.2) is 0 Å². The molecule has 0 N–H and O–H groups in total. The molecule has 0 radical (unpaired) electrons. The molecule has 0 saturated carbocycles. The van der Waals surface area contributed by atoms with Crippen LogP contribution in [0.3, 0.4) is 0 Å². The van der Waals surface area contributed by atoms with Crippen molar-refractivity contribution >= 4 is 5.78 Å². The van der Waals surface area contributed by atoms with E-state index >= 15 is 0 Å². The average Bonchev–Trinajstić information content (AvgIpc) is 2.57. The van der Waals surface area contributed by atoms with Crippen LogP contribution in [-0.2, 0) is 9.53 Å². The fourth-order valence-electron chi connectivity index (χ4n) is 1.82. The van der Waals surface area contributed by atoms with Gasteiger partial charge in [-0.05, 0) is 19.3 Å². The van der Waals surface area contributed by atoms with Gasteiger partial charge < -0.3 is 4.74 Å². The van der Waals surface area contributed by atoms with Gasteiger partial charge in [0.1, 0.15) is 5.78 Å². The minimum Gasteiger partial charge on any atom is -0.378 e. The van der Waals surface area contributed by atoms with E-state index in [1.54, 1.807) is 0 Å². The Labute approximate surface area is 80.7 Å². The highest BCUT2D eigenvalue weighted by molar-refractivity contribution is 5.81. The Balaban J connectivity index is 2.22. The van der Waals surface area contributed by atoms with Crippen LogP contribution in [0.5, 0.6) is 0 Å². The molecule has 1 rings (SSSR count). The lowest BCUT2D eigenvalue weighted by atomic mass is 9.96. The fraction of sp³-hybridized carbons (Fsp3) is 0.909. The number of carbonyl (C=O) groups is 1. The lowest BCUT2D eigenvalue weighted by molar-refractivity contribution is -0.124. The highest BCUT2D eigenvalue weighted by atomic mass is 16.5. The molecule has 1 aliphatic rings. The van der Waals surface area contributed by atoms with Gasteiger partial charge in [-0.15, -0.1) is 0 Å². The maximum absolute atomic E-state index is 11.6. The Morgan fingerprint density at radius 1 is 1.62 bits per heavy atom. The summed E-state index contributed by atoms with van der Waals surface area (Å²) in [6.45, 7) is 5.00. The summed E-state index contributed by atoms with van der Waals surface area (Å²) in [6, 6.07) is 0. The van der Waals surface area contributed by atoms with Crippen LogP contribution < -0.4 is 0 Å². The molecular formula is C11H20O2. The molecule has 76 valence electrons.